The molecule has 0 aliphatic carbocycles. The average Bonchev–Trinajstić information content (AvgIpc) is 2.98. The highest BCUT2D eigenvalue weighted by molar-refractivity contribution is 5.99. The molecule has 2 heterocycles. The number of pyridine rings is 1. The van der Waals surface area contributed by atoms with Crippen molar-refractivity contribution < 1.29 is 36.3 Å². The fraction of sp³-hybridized carbons (Fsp3) is 0.235. The zero-order valence-electron chi connectivity index (χ0n) is 14.7. The van der Waals surface area contributed by atoms with Gasteiger partial charge in [-0.3, -0.25) is 4.79 Å². The molecule has 3 rings (SSSR count). The third-order valence-corrected chi connectivity index (χ3v) is 4.09. The SMILES string of the molecule is CN1C(=O)NC[C@H]1C(=O)Nc1cc(Oc2ccc(C(F)(F)F)cn2)c(F)cc1F. The number of benzene rings is 1. The van der Waals surface area contributed by atoms with Gasteiger partial charge in [-0.25, -0.2) is 18.6 Å². The second-order valence-corrected chi connectivity index (χ2v) is 6.05. The van der Waals surface area contributed by atoms with Gasteiger partial charge in [-0.15, -0.1) is 0 Å². The molecule has 12 heteroatoms. The normalized spacial score (nSPS) is 16.6. The molecule has 2 aromatic rings. The van der Waals surface area contributed by atoms with Crippen LogP contribution in [0.25, 0.3) is 0 Å². The topological polar surface area (TPSA) is 83.6 Å². The van der Waals surface area contributed by atoms with E-state index < -0.39 is 52.8 Å². The summed E-state index contributed by atoms with van der Waals surface area (Å²) in [6.45, 7) is 0.00279. The summed E-state index contributed by atoms with van der Waals surface area (Å²) in [7, 11) is 1.37. The van der Waals surface area contributed by atoms with Crippen molar-refractivity contribution in [2.75, 3.05) is 18.9 Å². The zero-order chi connectivity index (χ0) is 21.3. The third kappa shape index (κ3) is 4.36. The van der Waals surface area contributed by atoms with Crippen LogP contribution in [0.15, 0.2) is 30.5 Å². The number of nitrogens with zero attached hydrogens (tertiary/aromatic N) is 2. The lowest BCUT2D eigenvalue weighted by Gasteiger charge is -2.18. The molecule has 0 bridgehead atoms. The van der Waals surface area contributed by atoms with Gasteiger partial charge in [-0.2, -0.15) is 13.2 Å². The Morgan fingerprint density at radius 1 is 1.28 bits per heavy atom. The number of urea groups is 1. The number of rotatable bonds is 4. The third-order valence-electron chi connectivity index (χ3n) is 4.09. The van der Waals surface area contributed by atoms with E-state index in [4.69, 9.17) is 4.74 Å². The van der Waals surface area contributed by atoms with Crippen molar-refractivity contribution in [3.05, 3.63) is 47.7 Å². The monoisotopic (exact) mass is 416 g/mol. The maximum Gasteiger partial charge on any atom is 0.417 e. The van der Waals surface area contributed by atoms with Crippen molar-refractivity contribution in [3.63, 3.8) is 0 Å². The van der Waals surface area contributed by atoms with Crippen LogP contribution in [0, 0.1) is 11.6 Å². The maximum atomic E-state index is 14.0. The Labute approximate surface area is 160 Å². The van der Waals surface area contributed by atoms with Gasteiger partial charge in [0.2, 0.25) is 11.8 Å². The first-order valence-electron chi connectivity index (χ1n) is 8.08. The van der Waals surface area contributed by atoms with Gasteiger partial charge in [0.25, 0.3) is 0 Å². The van der Waals surface area contributed by atoms with Gasteiger partial charge < -0.3 is 20.3 Å². The Morgan fingerprint density at radius 3 is 2.55 bits per heavy atom. The number of hydrogen-bond acceptors (Lipinski definition) is 4. The molecule has 0 spiro atoms. The Morgan fingerprint density at radius 2 is 2.00 bits per heavy atom. The van der Waals surface area contributed by atoms with E-state index in [0.29, 0.717) is 18.3 Å². The molecule has 0 radical (unpaired) electrons. The Bertz CT molecular complexity index is 949. The smallest absolute Gasteiger partial charge is 0.417 e. The van der Waals surface area contributed by atoms with Crippen LogP contribution < -0.4 is 15.4 Å². The Kier molecular flexibility index (Phi) is 5.27. The second-order valence-electron chi connectivity index (χ2n) is 6.05. The number of nitrogens with one attached hydrogen (secondary N) is 2. The summed E-state index contributed by atoms with van der Waals surface area (Å²) in [6, 6.07) is 1.43. The lowest BCUT2D eigenvalue weighted by molar-refractivity contribution is -0.137. The fourth-order valence-electron chi connectivity index (χ4n) is 2.50. The second kappa shape index (κ2) is 7.53. The summed E-state index contributed by atoms with van der Waals surface area (Å²) in [5.41, 5.74) is -1.47. The molecule has 154 valence electrons. The summed E-state index contributed by atoms with van der Waals surface area (Å²) in [6.07, 6.45) is -4.10. The van der Waals surface area contributed by atoms with Gasteiger partial charge in [0.1, 0.15) is 11.9 Å². The molecule has 0 saturated carbocycles. The first kappa shape index (κ1) is 20.3. The standard InChI is InChI=1S/C17H13F5N4O3/c1-26-12(7-24-16(26)28)15(27)25-11-5-13(10(19)4-9(11)18)29-14-3-2-8(6-23-14)17(20,21)22/h2-6,12H,7H2,1H3,(H,24,28)(H,25,27)/t12-/m0/s1. The first-order chi connectivity index (χ1) is 13.6. The number of halogens is 5. The molecule has 0 unspecified atom stereocenters. The Hall–Kier alpha value is -3.44. The largest absolute Gasteiger partial charge is 0.436 e. The van der Waals surface area contributed by atoms with Crippen LogP contribution in [0.1, 0.15) is 5.56 Å². The predicted molar refractivity (Wildman–Crippen MR) is 89.3 cm³/mol. The van der Waals surface area contributed by atoms with Crippen molar-refractivity contribution in [1.29, 1.82) is 0 Å². The molecule has 29 heavy (non-hydrogen) atoms. The van der Waals surface area contributed by atoms with E-state index in [9.17, 15) is 31.5 Å². The van der Waals surface area contributed by atoms with Gasteiger partial charge in [0, 0.05) is 38.0 Å². The van der Waals surface area contributed by atoms with E-state index in [1.807, 2.05) is 0 Å². The number of amides is 3. The number of carbonyl (C=O) groups is 2. The van der Waals surface area contributed by atoms with Crippen LogP contribution in [0.5, 0.6) is 11.6 Å². The molecule has 1 saturated heterocycles. The minimum absolute atomic E-state index is 0.00279. The summed E-state index contributed by atoms with van der Waals surface area (Å²) in [5.74, 6) is -3.93. The van der Waals surface area contributed by atoms with Gasteiger partial charge in [-0.1, -0.05) is 0 Å². The van der Waals surface area contributed by atoms with Crippen molar-refractivity contribution in [1.82, 2.24) is 15.2 Å². The first-order valence-corrected chi connectivity index (χ1v) is 8.08. The quantitative estimate of drug-likeness (QED) is 0.751. The molecular weight excluding hydrogens is 403 g/mol. The van der Waals surface area contributed by atoms with Gasteiger partial charge >= 0.3 is 12.2 Å². The van der Waals surface area contributed by atoms with Crippen LogP contribution in [0.2, 0.25) is 0 Å². The number of likely N-dealkylation sites (N-methyl/N-ethyl adjacent to an activating group) is 1. The number of aromatic nitrogens is 1. The van der Waals surface area contributed by atoms with E-state index >= 15 is 0 Å². The minimum atomic E-state index is -4.60. The highest BCUT2D eigenvalue weighted by Crippen LogP contribution is 2.32. The number of anilines is 1. The molecule has 1 aliphatic heterocycles. The average molecular weight is 416 g/mol. The van der Waals surface area contributed by atoms with Crippen molar-refractivity contribution in [2.45, 2.75) is 12.2 Å². The van der Waals surface area contributed by atoms with Gasteiger partial charge in [-0.05, 0) is 6.07 Å². The summed E-state index contributed by atoms with van der Waals surface area (Å²) >= 11 is 0. The maximum absolute atomic E-state index is 14.0. The molecule has 1 aromatic carbocycles. The molecule has 3 amide bonds. The van der Waals surface area contributed by atoms with E-state index in [0.717, 1.165) is 17.0 Å². The van der Waals surface area contributed by atoms with Crippen molar-refractivity contribution in [2.24, 2.45) is 0 Å². The van der Waals surface area contributed by atoms with Crippen molar-refractivity contribution >= 4 is 17.6 Å². The number of alkyl halides is 3. The van der Waals surface area contributed by atoms with Crippen LogP contribution >= 0.6 is 0 Å². The number of hydrogen-bond donors (Lipinski definition) is 2. The minimum Gasteiger partial charge on any atom is -0.436 e. The van der Waals surface area contributed by atoms with Crippen molar-refractivity contribution in [3.8, 4) is 11.6 Å². The van der Waals surface area contributed by atoms with Gasteiger partial charge in [0.05, 0.1) is 11.3 Å². The molecule has 1 atom stereocenters. The highest BCUT2D eigenvalue weighted by atomic mass is 19.4. The molecule has 7 nitrogen and oxygen atoms in total. The fourth-order valence-corrected chi connectivity index (χ4v) is 2.50. The lowest BCUT2D eigenvalue weighted by Crippen LogP contribution is -2.40. The summed E-state index contributed by atoms with van der Waals surface area (Å²) < 4.78 is 70.8. The molecule has 1 aromatic heterocycles. The summed E-state index contributed by atoms with van der Waals surface area (Å²) in [5, 5.41) is 4.65. The van der Waals surface area contributed by atoms with E-state index in [1.54, 1.807) is 0 Å². The van der Waals surface area contributed by atoms with Crippen LogP contribution in [0.3, 0.4) is 0 Å². The highest BCUT2D eigenvalue weighted by Gasteiger charge is 2.33. The van der Waals surface area contributed by atoms with E-state index in [-0.39, 0.29) is 12.4 Å². The number of carbonyl (C=O) groups excluding carboxylic acids is 2. The van der Waals surface area contributed by atoms with E-state index in [1.165, 1.54) is 7.05 Å². The predicted octanol–water partition coefficient (Wildman–Crippen LogP) is 3.13. The molecular formula is C17H13F5N4O3. The lowest BCUT2D eigenvalue weighted by atomic mass is 10.2. The molecule has 1 aliphatic rings. The number of ether oxygens (including phenoxy) is 1. The van der Waals surface area contributed by atoms with Gasteiger partial charge in [0.15, 0.2) is 11.6 Å². The zero-order valence-corrected chi connectivity index (χ0v) is 14.7. The van der Waals surface area contributed by atoms with Crippen LogP contribution in [0.4, 0.5) is 32.4 Å². The molecule has 2 N–H and O–H groups in total. The Balaban J connectivity index is 1.79. The summed E-state index contributed by atoms with van der Waals surface area (Å²) in [4.78, 5) is 28.2. The van der Waals surface area contributed by atoms with Crippen LogP contribution in [-0.2, 0) is 11.0 Å². The van der Waals surface area contributed by atoms with E-state index in [2.05, 4.69) is 15.6 Å². The molecule has 1 fully saturated rings. The van der Waals surface area contributed by atoms with Crippen LogP contribution in [-0.4, -0.2) is 41.5 Å².